The molecule has 92 valence electrons. The maximum absolute atomic E-state index is 12.9. The van der Waals surface area contributed by atoms with E-state index in [1.807, 2.05) is 12.1 Å². The van der Waals surface area contributed by atoms with Crippen molar-refractivity contribution in [3.8, 4) is 0 Å². The van der Waals surface area contributed by atoms with Crippen LogP contribution in [0.4, 0.5) is 10.1 Å². The Labute approximate surface area is 114 Å². The molecule has 1 aliphatic heterocycles. The number of hydrogen-bond acceptors (Lipinski definition) is 1. The van der Waals surface area contributed by atoms with E-state index in [0.29, 0.717) is 0 Å². The summed E-state index contributed by atoms with van der Waals surface area (Å²) in [4.78, 5) is 0. The molecule has 0 aromatic heterocycles. The van der Waals surface area contributed by atoms with Crippen molar-refractivity contribution in [1.29, 1.82) is 0 Å². The summed E-state index contributed by atoms with van der Waals surface area (Å²) in [7, 11) is 0. The summed E-state index contributed by atoms with van der Waals surface area (Å²) in [5, 5.41) is 3.52. The lowest BCUT2D eigenvalue weighted by Gasteiger charge is -2.27. The zero-order valence-electron chi connectivity index (χ0n) is 9.79. The molecule has 0 spiro atoms. The fourth-order valence-corrected chi connectivity index (χ4v) is 2.77. The molecular formula is C15H13BrFN. The van der Waals surface area contributed by atoms with Crippen LogP contribution in [0.25, 0.3) is 0 Å². The Morgan fingerprint density at radius 2 is 1.89 bits per heavy atom. The van der Waals surface area contributed by atoms with Crippen LogP contribution in [-0.4, -0.2) is 0 Å². The van der Waals surface area contributed by atoms with Gasteiger partial charge in [0.15, 0.2) is 0 Å². The first kappa shape index (κ1) is 11.7. The SMILES string of the molecule is Fc1ccc(C2CCc3ccc(Br)cc3N2)cc1. The molecule has 1 aliphatic rings. The fourth-order valence-electron chi connectivity index (χ4n) is 2.41. The topological polar surface area (TPSA) is 12.0 Å². The Morgan fingerprint density at radius 1 is 1.11 bits per heavy atom. The molecule has 0 saturated heterocycles. The van der Waals surface area contributed by atoms with Crippen LogP contribution in [-0.2, 0) is 6.42 Å². The molecule has 0 radical (unpaired) electrons. The highest BCUT2D eigenvalue weighted by Gasteiger charge is 2.19. The minimum Gasteiger partial charge on any atom is -0.378 e. The molecule has 3 rings (SSSR count). The van der Waals surface area contributed by atoms with E-state index in [1.54, 1.807) is 0 Å². The van der Waals surface area contributed by atoms with Crippen molar-refractivity contribution in [2.45, 2.75) is 18.9 Å². The monoisotopic (exact) mass is 305 g/mol. The van der Waals surface area contributed by atoms with E-state index >= 15 is 0 Å². The van der Waals surface area contributed by atoms with Gasteiger partial charge in [0.2, 0.25) is 0 Å². The summed E-state index contributed by atoms with van der Waals surface area (Å²) in [5.41, 5.74) is 3.66. The highest BCUT2D eigenvalue weighted by molar-refractivity contribution is 9.10. The second kappa shape index (κ2) is 4.73. The zero-order chi connectivity index (χ0) is 12.5. The predicted molar refractivity (Wildman–Crippen MR) is 75.2 cm³/mol. The van der Waals surface area contributed by atoms with E-state index < -0.39 is 0 Å². The van der Waals surface area contributed by atoms with Gasteiger partial charge in [-0.15, -0.1) is 0 Å². The molecule has 1 nitrogen and oxygen atoms in total. The van der Waals surface area contributed by atoms with Crippen LogP contribution >= 0.6 is 15.9 Å². The van der Waals surface area contributed by atoms with E-state index in [4.69, 9.17) is 0 Å². The normalized spacial score (nSPS) is 18.0. The van der Waals surface area contributed by atoms with Crippen LogP contribution in [0.3, 0.4) is 0 Å². The third-order valence-electron chi connectivity index (χ3n) is 3.38. The second-order valence-electron chi connectivity index (χ2n) is 4.59. The summed E-state index contributed by atoms with van der Waals surface area (Å²) < 4.78 is 14.0. The number of benzene rings is 2. The van der Waals surface area contributed by atoms with E-state index in [1.165, 1.54) is 23.4 Å². The van der Waals surface area contributed by atoms with Gasteiger partial charge in [0.1, 0.15) is 5.82 Å². The molecule has 1 atom stereocenters. The average molecular weight is 306 g/mol. The Bertz CT molecular complexity index is 565. The molecule has 2 aromatic carbocycles. The van der Waals surface area contributed by atoms with Gasteiger partial charge in [-0.3, -0.25) is 0 Å². The lowest BCUT2D eigenvalue weighted by atomic mass is 9.93. The summed E-state index contributed by atoms with van der Waals surface area (Å²) >= 11 is 3.49. The standard InChI is InChI=1S/C15H13BrFN/c16-12-5-1-11-4-8-14(18-15(11)9-12)10-2-6-13(17)7-3-10/h1-3,5-7,9,14,18H,4,8H2. The summed E-state index contributed by atoms with van der Waals surface area (Å²) in [5.74, 6) is -0.183. The van der Waals surface area contributed by atoms with Crippen molar-refractivity contribution in [2.75, 3.05) is 5.32 Å². The van der Waals surface area contributed by atoms with Gasteiger partial charge in [0.25, 0.3) is 0 Å². The highest BCUT2D eigenvalue weighted by Crippen LogP contribution is 2.34. The van der Waals surface area contributed by atoms with Gasteiger partial charge in [-0.1, -0.05) is 34.1 Å². The lowest BCUT2D eigenvalue weighted by Crippen LogP contribution is -2.17. The van der Waals surface area contributed by atoms with Crippen LogP contribution < -0.4 is 5.32 Å². The van der Waals surface area contributed by atoms with Gasteiger partial charge in [-0.25, -0.2) is 4.39 Å². The quantitative estimate of drug-likeness (QED) is 0.806. The number of anilines is 1. The Balaban J connectivity index is 1.88. The molecule has 1 heterocycles. The van der Waals surface area contributed by atoms with Gasteiger partial charge in [-0.2, -0.15) is 0 Å². The van der Waals surface area contributed by atoms with Gasteiger partial charge in [0, 0.05) is 10.2 Å². The van der Waals surface area contributed by atoms with Crippen LogP contribution in [0.15, 0.2) is 46.9 Å². The minimum atomic E-state index is -0.183. The van der Waals surface area contributed by atoms with Gasteiger partial charge in [-0.05, 0) is 48.2 Å². The maximum atomic E-state index is 12.9. The van der Waals surface area contributed by atoms with Crippen molar-refractivity contribution in [3.05, 3.63) is 63.9 Å². The molecule has 0 amide bonds. The van der Waals surface area contributed by atoms with Gasteiger partial charge in [0.05, 0.1) is 6.04 Å². The van der Waals surface area contributed by atoms with Crippen molar-refractivity contribution in [1.82, 2.24) is 0 Å². The van der Waals surface area contributed by atoms with Crippen LogP contribution in [0, 0.1) is 5.82 Å². The van der Waals surface area contributed by atoms with Crippen molar-refractivity contribution in [3.63, 3.8) is 0 Å². The van der Waals surface area contributed by atoms with Crippen molar-refractivity contribution in [2.24, 2.45) is 0 Å². The summed E-state index contributed by atoms with van der Waals surface area (Å²) in [6, 6.07) is 13.3. The first-order chi connectivity index (χ1) is 8.72. The number of fused-ring (bicyclic) bond motifs is 1. The molecule has 18 heavy (non-hydrogen) atoms. The molecule has 0 fully saturated rings. The number of aryl methyl sites for hydroxylation is 1. The minimum absolute atomic E-state index is 0.183. The molecule has 2 aromatic rings. The Kier molecular flexibility index (Phi) is 3.08. The summed E-state index contributed by atoms with van der Waals surface area (Å²) in [6.45, 7) is 0. The molecule has 0 aliphatic carbocycles. The van der Waals surface area contributed by atoms with Crippen molar-refractivity contribution < 1.29 is 4.39 Å². The third-order valence-corrected chi connectivity index (χ3v) is 3.87. The summed E-state index contributed by atoms with van der Waals surface area (Å²) in [6.07, 6.45) is 2.10. The number of rotatable bonds is 1. The lowest BCUT2D eigenvalue weighted by molar-refractivity contribution is 0.622. The van der Waals surface area contributed by atoms with Crippen LogP contribution in [0.1, 0.15) is 23.6 Å². The molecular weight excluding hydrogens is 293 g/mol. The van der Waals surface area contributed by atoms with Crippen LogP contribution in [0.5, 0.6) is 0 Å². The number of nitrogens with one attached hydrogen (secondary N) is 1. The Hall–Kier alpha value is -1.35. The van der Waals surface area contributed by atoms with E-state index in [-0.39, 0.29) is 11.9 Å². The Morgan fingerprint density at radius 3 is 2.67 bits per heavy atom. The largest absolute Gasteiger partial charge is 0.378 e. The van der Waals surface area contributed by atoms with Crippen molar-refractivity contribution >= 4 is 21.6 Å². The smallest absolute Gasteiger partial charge is 0.123 e. The molecule has 0 saturated carbocycles. The fraction of sp³-hybridized carbons (Fsp3) is 0.200. The molecule has 3 heteroatoms. The van der Waals surface area contributed by atoms with Crippen LogP contribution in [0.2, 0.25) is 0 Å². The number of halogens is 2. The van der Waals surface area contributed by atoms with E-state index in [0.717, 1.165) is 22.9 Å². The predicted octanol–water partition coefficient (Wildman–Crippen LogP) is 4.69. The zero-order valence-corrected chi connectivity index (χ0v) is 11.4. The first-order valence-corrected chi connectivity index (χ1v) is 6.82. The molecule has 1 unspecified atom stereocenters. The number of hydrogen-bond donors (Lipinski definition) is 1. The third kappa shape index (κ3) is 2.27. The second-order valence-corrected chi connectivity index (χ2v) is 5.50. The average Bonchev–Trinajstić information content (AvgIpc) is 2.38. The molecule has 0 bridgehead atoms. The van der Waals surface area contributed by atoms with E-state index in [2.05, 4.69) is 39.4 Å². The first-order valence-electron chi connectivity index (χ1n) is 6.03. The highest BCUT2D eigenvalue weighted by atomic mass is 79.9. The maximum Gasteiger partial charge on any atom is 0.123 e. The molecule has 1 N–H and O–H groups in total. The van der Waals surface area contributed by atoms with Gasteiger partial charge >= 0.3 is 0 Å². The van der Waals surface area contributed by atoms with Gasteiger partial charge < -0.3 is 5.32 Å². The van der Waals surface area contributed by atoms with E-state index in [9.17, 15) is 4.39 Å².